The first-order valence-corrected chi connectivity index (χ1v) is 10.4. The van der Waals surface area contributed by atoms with Crippen LogP contribution in [-0.2, 0) is 0 Å². The average Bonchev–Trinajstić information content (AvgIpc) is 3.28. The van der Waals surface area contributed by atoms with Gasteiger partial charge in [0, 0.05) is 43.0 Å². The maximum atomic E-state index is 5.97. The molecule has 5 rings (SSSR count). The number of benzene rings is 1. The third-order valence-corrected chi connectivity index (χ3v) is 6.18. The predicted octanol–water partition coefficient (Wildman–Crippen LogP) is 4.14. The van der Waals surface area contributed by atoms with E-state index in [1.807, 2.05) is 47.2 Å². The number of anilines is 2. The summed E-state index contributed by atoms with van der Waals surface area (Å²) < 4.78 is 1.87. The van der Waals surface area contributed by atoms with Gasteiger partial charge in [0.1, 0.15) is 5.82 Å². The standard InChI is InChI=1S/C20H19ClN6S/c1-14-6-7-22-18(12-14)25-8-10-26(11-9-25)20-24-27-13-17(23-19(27)28-20)15-2-4-16(21)5-3-15/h2-7,12-13H,8-11H2,1H3. The van der Waals surface area contributed by atoms with Crippen LogP contribution in [0.4, 0.5) is 10.9 Å². The van der Waals surface area contributed by atoms with Crippen molar-refractivity contribution in [2.75, 3.05) is 36.0 Å². The minimum Gasteiger partial charge on any atom is -0.353 e. The minimum absolute atomic E-state index is 0.727. The van der Waals surface area contributed by atoms with Gasteiger partial charge in [-0.3, -0.25) is 0 Å². The lowest BCUT2D eigenvalue weighted by Gasteiger charge is -2.35. The highest BCUT2D eigenvalue weighted by molar-refractivity contribution is 7.20. The highest BCUT2D eigenvalue weighted by Crippen LogP contribution is 2.28. The quantitative estimate of drug-likeness (QED) is 0.508. The molecule has 0 amide bonds. The van der Waals surface area contributed by atoms with Crippen LogP contribution in [-0.4, -0.2) is 45.8 Å². The van der Waals surface area contributed by atoms with Crippen LogP contribution in [0.3, 0.4) is 0 Å². The van der Waals surface area contributed by atoms with Crippen molar-refractivity contribution in [3.63, 3.8) is 0 Å². The molecule has 0 saturated carbocycles. The maximum absolute atomic E-state index is 5.97. The zero-order valence-corrected chi connectivity index (χ0v) is 17.0. The molecule has 1 fully saturated rings. The van der Waals surface area contributed by atoms with E-state index in [0.717, 1.165) is 58.4 Å². The number of nitrogens with zero attached hydrogens (tertiary/aromatic N) is 6. The van der Waals surface area contributed by atoms with Gasteiger partial charge in [-0.2, -0.15) is 0 Å². The van der Waals surface area contributed by atoms with E-state index in [4.69, 9.17) is 21.7 Å². The van der Waals surface area contributed by atoms with Crippen molar-refractivity contribution in [2.45, 2.75) is 6.92 Å². The summed E-state index contributed by atoms with van der Waals surface area (Å²) in [5, 5.41) is 6.49. The molecule has 0 N–H and O–H groups in total. The number of pyridine rings is 1. The van der Waals surface area contributed by atoms with Crippen LogP contribution in [0.2, 0.25) is 5.02 Å². The van der Waals surface area contributed by atoms with Gasteiger partial charge in [0.2, 0.25) is 10.1 Å². The fourth-order valence-electron chi connectivity index (χ4n) is 3.40. The first-order chi connectivity index (χ1) is 13.7. The molecule has 1 aliphatic heterocycles. The van der Waals surface area contributed by atoms with E-state index in [9.17, 15) is 0 Å². The minimum atomic E-state index is 0.727. The molecule has 28 heavy (non-hydrogen) atoms. The number of rotatable bonds is 3. The summed E-state index contributed by atoms with van der Waals surface area (Å²) in [6, 6.07) is 11.9. The van der Waals surface area contributed by atoms with Crippen LogP contribution >= 0.6 is 22.9 Å². The zero-order chi connectivity index (χ0) is 19.1. The van der Waals surface area contributed by atoms with Crippen LogP contribution in [0.25, 0.3) is 16.2 Å². The van der Waals surface area contributed by atoms with Crippen molar-refractivity contribution in [1.29, 1.82) is 0 Å². The van der Waals surface area contributed by atoms with Gasteiger partial charge in [-0.1, -0.05) is 35.1 Å². The molecular formula is C20H19ClN6S. The number of hydrogen-bond donors (Lipinski definition) is 0. The molecule has 0 radical (unpaired) electrons. The van der Waals surface area contributed by atoms with Crippen LogP contribution in [0, 0.1) is 6.92 Å². The van der Waals surface area contributed by atoms with Crippen LogP contribution in [0.5, 0.6) is 0 Å². The van der Waals surface area contributed by atoms with E-state index in [-0.39, 0.29) is 0 Å². The highest BCUT2D eigenvalue weighted by Gasteiger charge is 2.21. The molecule has 6 nitrogen and oxygen atoms in total. The first-order valence-electron chi connectivity index (χ1n) is 9.20. The topological polar surface area (TPSA) is 49.6 Å². The van der Waals surface area contributed by atoms with Crippen molar-refractivity contribution in [3.05, 3.63) is 59.4 Å². The molecular weight excluding hydrogens is 392 g/mol. The fraction of sp³-hybridized carbons (Fsp3) is 0.250. The van der Waals surface area contributed by atoms with Crippen molar-refractivity contribution in [2.24, 2.45) is 0 Å². The summed E-state index contributed by atoms with van der Waals surface area (Å²) in [6.45, 7) is 5.83. The molecule has 1 aliphatic rings. The molecule has 8 heteroatoms. The Labute approximate surface area is 172 Å². The number of aromatic nitrogens is 4. The Morgan fingerprint density at radius 1 is 1.00 bits per heavy atom. The van der Waals surface area contributed by atoms with Crippen molar-refractivity contribution in [1.82, 2.24) is 19.6 Å². The van der Waals surface area contributed by atoms with Crippen LogP contribution < -0.4 is 9.80 Å². The maximum Gasteiger partial charge on any atom is 0.214 e. The Morgan fingerprint density at radius 2 is 1.75 bits per heavy atom. The zero-order valence-electron chi connectivity index (χ0n) is 15.4. The molecule has 142 valence electrons. The van der Waals surface area contributed by atoms with Gasteiger partial charge >= 0.3 is 0 Å². The summed E-state index contributed by atoms with van der Waals surface area (Å²) in [5.74, 6) is 1.06. The van der Waals surface area contributed by atoms with E-state index in [0.29, 0.717) is 0 Å². The summed E-state index contributed by atoms with van der Waals surface area (Å²) in [6.07, 6.45) is 3.86. The van der Waals surface area contributed by atoms with Gasteiger partial charge in [-0.15, -0.1) is 5.10 Å². The number of piperazine rings is 1. The van der Waals surface area contributed by atoms with Gasteiger partial charge in [0.25, 0.3) is 0 Å². The van der Waals surface area contributed by atoms with Crippen LogP contribution in [0.15, 0.2) is 48.8 Å². The van der Waals surface area contributed by atoms with E-state index in [1.54, 1.807) is 11.3 Å². The van der Waals surface area contributed by atoms with E-state index < -0.39 is 0 Å². The number of hydrogen-bond acceptors (Lipinski definition) is 6. The second-order valence-electron chi connectivity index (χ2n) is 6.91. The Morgan fingerprint density at radius 3 is 2.46 bits per heavy atom. The number of halogens is 1. The Hall–Kier alpha value is -2.64. The Balaban J connectivity index is 1.31. The van der Waals surface area contributed by atoms with Gasteiger partial charge in [-0.25, -0.2) is 14.5 Å². The van der Waals surface area contributed by atoms with E-state index in [2.05, 4.69) is 27.8 Å². The molecule has 3 aromatic heterocycles. The normalized spacial score (nSPS) is 14.8. The summed E-state index contributed by atoms with van der Waals surface area (Å²) in [7, 11) is 0. The SMILES string of the molecule is Cc1ccnc(N2CCN(c3nn4cc(-c5ccc(Cl)cc5)nc4s3)CC2)c1. The molecule has 0 aliphatic carbocycles. The average molecular weight is 411 g/mol. The van der Waals surface area contributed by atoms with E-state index >= 15 is 0 Å². The third-order valence-electron chi connectivity index (χ3n) is 4.95. The van der Waals surface area contributed by atoms with Crippen LogP contribution in [0.1, 0.15) is 5.56 Å². The molecule has 4 heterocycles. The number of imidazole rings is 1. The van der Waals surface area contributed by atoms with Gasteiger partial charge in [-0.05, 0) is 36.8 Å². The van der Waals surface area contributed by atoms with Crippen molar-refractivity contribution in [3.8, 4) is 11.3 Å². The second kappa shape index (κ2) is 7.07. The summed E-state index contributed by atoms with van der Waals surface area (Å²) in [5.41, 5.74) is 3.20. The monoisotopic (exact) mass is 410 g/mol. The number of aryl methyl sites for hydroxylation is 1. The molecule has 0 unspecified atom stereocenters. The van der Waals surface area contributed by atoms with Crippen molar-refractivity contribution < 1.29 is 0 Å². The van der Waals surface area contributed by atoms with E-state index in [1.165, 1.54) is 5.56 Å². The number of fused-ring (bicyclic) bond motifs is 1. The molecule has 4 aromatic rings. The fourth-order valence-corrected chi connectivity index (χ4v) is 4.46. The van der Waals surface area contributed by atoms with Gasteiger partial charge < -0.3 is 9.80 Å². The predicted molar refractivity (Wildman–Crippen MR) is 115 cm³/mol. The highest BCUT2D eigenvalue weighted by atomic mass is 35.5. The lowest BCUT2D eigenvalue weighted by atomic mass is 10.2. The summed E-state index contributed by atoms with van der Waals surface area (Å²) in [4.78, 5) is 14.8. The Kier molecular flexibility index (Phi) is 4.41. The Bertz CT molecular complexity index is 1080. The second-order valence-corrected chi connectivity index (χ2v) is 8.28. The van der Waals surface area contributed by atoms with Gasteiger partial charge in [0.05, 0.1) is 11.9 Å². The molecule has 1 aromatic carbocycles. The lowest BCUT2D eigenvalue weighted by Crippen LogP contribution is -2.46. The first kappa shape index (κ1) is 17.5. The van der Waals surface area contributed by atoms with Gasteiger partial charge in [0.15, 0.2) is 0 Å². The van der Waals surface area contributed by atoms with Crippen molar-refractivity contribution >= 4 is 38.8 Å². The molecule has 0 spiro atoms. The summed E-state index contributed by atoms with van der Waals surface area (Å²) >= 11 is 7.60. The molecule has 1 saturated heterocycles. The lowest BCUT2D eigenvalue weighted by molar-refractivity contribution is 0.642. The largest absolute Gasteiger partial charge is 0.353 e. The smallest absolute Gasteiger partial charge is 0.214 e. The molecule has 0 atom stereocenters. The third kappa shape index (κ3) is 3.31. The molecule has 0 bridgehead atoms.